The van der Waals surface area contributed by atoms with Gasteiger partial charge in [0.1, 0.15) is 12.4 Å². The van der Waals surface area contributed by atoms with Crippen molar-refractivity contribution in [1.82, 2.24) is 5.32 Å². The lowest BCUT2D eigenvalue weighted by Crippen LogP contribution is -2.41. The molecule has 0 spiro atoms. The summed E-state index contributed by atoms with van der Waals surface area (Å²) >= 11 is 6.20. The zero-order valence-electron chi connectivity index (χ0n) is 18.4. The van der Waals surface area contributed by atoms with E-state index in [1.807, 2.05) is 6.92 Å². The van der Waals surface area contributed by atoms with Crippen LogP contribution in [0.1, 0.15) is 27.0 Å². The molecule has 1 amide bonds. The van der Waals surface area contributed by atoms with E-state index in [-0.39, 0.29) is 28.3 Å². The summed E-state index contributed by atoms with van der Waals surface area (Å²) in [5.41, 5.74) is 1.55. The van der Waals surface area contributed by atoms with E-state index in [2.05, 4.69) is 5.32 Å². The predicted octanol–water partition coefficient (Wildman–Crippen LogP) is 4.31. The molecule has 0 fully saturated rings. The average Bonchev–Trinajstić information content (AvgIpc) is 2.78. The number of benzene rings is 3. The van der Waals surface area contributed by atoms with Crippen LogP contribution in [-0.2, 0) is 21.4 Å². The van der Waals surface area contributed by atoms with Crippen LogP contribution < -0.4 is 9.62 Å². The van der Waals surface area contributed by atoms with Crippen LogP contribution >= 0.6 is 11.6 Å². The molecule has 2 N–H and O–H groups in total. The van der Waals surface area contributed by atoms with Crippen molar-refractivity contribution in [3.8, 4) is 0 Å². The minimum Gasteiger partial charge on any atom is -0.478 e. The number of anilines is 1. The van der Waals surface area contributed by atoms with Gasteiger partial charge in [-0.15, -0.1) is 0 Å². The SMILES string of the molecule is Cc1ccc(S(=O)(=O)N(CC(=O)NCc2cc(F)cc(C(=O)O)c2)c2cccc(Cl)c2C)cc1. The highest BCUT2D eigenvalue weighted by atomic mass is 35.5. The van der Waals surface area contributed by atoms with Gasteiger partial charge in [-0.05, 0) is 67.4 Å². The molecule has 3 aromatic carbocycles. The van der Waals surface area contributed by atoms with Crippen molar-refractivity contribution in [3.05, 3.63) is 93.8 Å². The number of rotatable bonds is 8. The van der Waals surface area contributed by atoms with Gasteiger partial charge in [-0.1, -0.05) is 35.4 Å². The Morgan fingerprint density at radius 2 is 1.74 bits per heavy atom. The van der Waals surface area contributed by atoms with Gasteiger partial charge in [-0.25, -0.2) is 17.6 Å². The zero-order chi connectivity index (χ0) is 25.0. The van der Waals surface area contributed by atoms with Gasteiger partial charge in [0.15, 0.2) is 0 Å². The van der Waals surface area contributed by atoms with Crippen molar-refractivity contribution in [2.45, 2.75) is 25.3 Å². The standard InChI is InChI=1S/C24H22ClFN2O5S/c1-15-6-8-20(9-7-15)34(32,33)28(22-5-3-4-21(25)16(22)2)14-23(29)27-13-17-10-18(24(30)31)12-19(26)11-17/h3-12H,13-14H2,1-2H3,(H,27,29)(H,30,31). The highest BCUT2D eigenvalue weighted by Crippen LogP contribution is 2.30. The molecule has 178 valence electrons. The number of nitrogens with zero attached hydrogens (tertiary/aromatic N) is 1. The Kier molecular flexibility index (Phi) is 7.58. The fourth-order valence-electron chi connectivity index (χ4n) is 3.27. The first-order valence-corrected chi connectivity index (χ1v) is 11.9. The van der Waals surface area contributed by atoms with Crippen LogP contribution in [0.3, 0.4) is 0 Å². The molecule has 0 unspecified atom stereocenters. The Balaban J connectivity index is 1.90. The molecule has 0 bridgehead atoms. The van der Waals surface area contributed by atoms with Crippen molar-refractivity contribution in [1.29, 1.82) is 0 Å². The van der Waals surface area contributed by atoms with Gasteiger partial charge in [0.25, 0.3) is 10.0 Å². The molecule has 0 aromatic heterocycles. The summed E-state index contributed by atoms with van der Waals surface area (Å²) in [7, 11) is -4.14. The molecule has 34 heavy (non-hydrogen) atoms. The summed E-state index contributed by atoms with van der Waals surface area (Å²) < 4.78 is 41.6. The summed E-state index contributed by atoms with van der Waals surface area (Å²) in [6.45, 7) is 2.71. The molecular formula is C24H22ClFN2O5S. The van der Waals surface area contributed by atoms with Crippen molar-refractivity contribution < 1.29 is 27.5 Å². The summed E-state index contributed by atoms with van der Waals surface area (Å²) in [5.74, 6) is -2.74. The summed E-state index contributed by atoms with van der Waals surface area (Å²) in [6, 6.07) is 14.1. The Morgan fingerprint density at radius 1 is 1.06 bits per heavy atom. The van der Waals surface area contributed by atoms with Gasteiger partial charge >= 0.3 is 5.97 Å². The number of hydrogen-bond donors (Lipinski definition) is 2. The van der Waals surface area contributed by atoms with Gasteiger partial charge in [0, 0.05) is 11.6 Å². The minimum atomic E-state index is -4.14. The molecule has 0 saturated carbocycles. The molecular weight excluding hydrogens is 483 g/mol. The van der Waals surface area contributed by atoms with Crippen LogP contribution in [-0.4, -0.2) is 31.9 Å². The van der Waals surface area contributed by atoms with Crippen molar-refractivity contribution in [2.75, 3.05) is 10.8 Å². The summed E-state index contributed by atoms with van der Waals surface area (Å²) in [5, 5.41) is 11.9. The van der Waals surface area contributed by atoms with E-state index in [0.717, 1.165) is 22.0 Å². The van der Waals surface area contributed by atoms with Crippen LogP contribution in [0.25, 0.3) is 0 Å². The first kappa shape index (κ1) is 25.2. The number of carbonyl (C=O) groups is 2. The number of nitrogens with one attached hydrogen (secondary N) is 1. The molecule has 7 nitrogen and oxygen atoms in total. The van der Waals surface area contributed by atoms with Gasteiger partial charge < -0.3 is 10.4 Å². The molecule has 0 aliphatic carbocycles. The molecule has 3 rings (SSSR count). The van der Waals surface area contributed by atoms with E-state index in [4.69, 9.17) is 16.7 Å². The fraction of sp³-hybridized carbons (Fsp3) is 0.167. The molecule has 10 heteroatoms. The lowest BCUT2D eigenvalue weighted by Gasteiger charge is -2.26. The van der Waals surface area contributed by atoms with Gasteiger partial charge in [-0.2, -0.15) is 0 Å². The smallest absolute Gasteiger partial charge is 0.335 e. The minimum absolute atomic E-state index is 0.00139. The highest BCUT2D eigenvalue weighted by molar-refractivity contribution is 7.92. The normalized spacial score (nSPS) is 11.2. The number of hydrogen-bond acceptors (Lipinski definition) is 4. The maximum Gasteiger partial charge on any atom is 0.335 e. The molecule has 0 atom stereocenters. The number of sulfonamides is 1. The van der Waals surface area contributed by atoms with E-state index in [9.17, 15) is 22.4 Å². The highest BCUT2D eigenvalue weighted by Gasteiger charge is 2.28. The predicted molar refractivity (Wildman–Crippen MR) is 127 cm³/mol. The number of halogens is 2. The number of carbonyl (C=O) groups excluding carboxylic acids is 1. The second-order valence-electron chi connectivity index (χ2n) is 7.64. The largest absolute Gasteiger partial charge is 0.478 e. The van der Waals surface area contributed by atoms with Crippen LogP contribution in [0.5, 0.6) is 0 Å². The van der Waals surface area contributed by atoms with Gasteiger partial charge in [-0.3, -0.25) is 9.10 Å². The van der Waals surface area contributed by atoms with Crippen molar-refractivity contribution in [2.24, 2.45) is 0 Å². The van der Waals surface area contributed by atoms with Crippen molar-refractivity contribution >= 4 is 39.2 Å². The number of aromatic carboxylic acids is 1. The second kappa shape index (κ2) is 10.2. The molecule has 0 heterocycles. The Labute approximate surface area is 201 Å². The van der Waals surface area contributed by atoms with E-state index < -0.39 is 34.3 Å². The topological polar surface area (TPSA) is 104 Å². The lowest BCUT2D eigenvalue weighted by atomic mass is 10.1. The van der Waals surface area contributed by atoms with Crippen LogP contribution in [0.4, 0.5) is 10.1 Å². The van der Waals surface area contributed by atoms with E-state index in [1.54, 1.807) is 37.3 Å². The molecule has 0 aliphatic heterocycles. The Morgan fingerprint density at radius 3 is 2.38 bits per heavy atom. The van der Waals surface area contributed by atoms with E-state index in [0.29, 0.717) is 10.6 Å². The number of carboxylic acids is 1. The van der Waals surface area contributed by atoms with E-state index >= 15 is 0 Å². The Hall–Kier alpha value is -3.43. The fourth-order valence-corrected chi connectivity index (χ4v) is 4.91. The molecule has 0 saturated heterocycles. The van der Waals surface area contributed by atoms with Gasteiger partial charge in [0.05, 0.1) is 16.1 Å². The van der Waals surface area contributed by atoms with Crippen LogP contribution in [0.2, 0.25) is 5.02 Å². The average molecular weight is 505 g/mol. The van der Waals surface area contributed by atoms with E-state index in [1.165, 1.54) is 18.2 Å². The monoisotopic (exact) mass is 504 g/mol. The quantitative estimate of drug-likeness (QED) is 0.476. The zero-order valence-corrected chi connectivity index (χ0v) is 20.0. The first-order chi connectivity index (χ1) is 16.0. The second-order valence-corrected chi connectivity index (χ2v) is 9.91. The maximum atomic E-state index is 13.7. The van der Waals surface area contributed by atoms with Crippen LogP contribution in [0.15, 0.2) is 65.6 Å². The third-order valence-electron chi connectivity index (χ3n) is 5.10. The van der Waals surface area contributed by atoms with Crippen LogP contribution in [0, 0.1) is 19.7 Å². The molecule has 3 aromatic rings. The third-order valence-corrected chi connectivity index (χ3v) is 7.28. The number of carboxylic acid groups (broad SMARTS) is 1. The van der Waals surface area contributed by atoms with Crippen molar-refractivity contribution in [3.63, 3.8) is 0 Å². The molecule has 0 radical (unpaired) electrons. The van der Waals surface area contributed by atoms with Gasteiger partial charge in [0.2, 0.25) is 5.91 Å². The lowest BCUT2D eigenvalue weighted by molar-refractivity contribution is -0.119. The first-order valence-electron chi connectivity index (χ1n) is 10.1. The summed E-state index contributed by atoms with van der Waals surface area (Å²) in [4.78, 5) is 23.9. The third kappa shape index (κ3) is 5.73. The molecule has 0 aliphatic rings. The Bertz CT molecular complexity index is 1340. The number of aryl methyl sites for hydroxylation is 1. The maximum absolute atomic E-state index is 13.7. The number of amides is 1. The summed E-state index contributed by atoms with van der Waals surface area (Å²) in [6.07, 6.45) is 0.